The number of ether oxygens (including phenoxy) is 1. The van der Waals surface area contributed by atoms with Gasteiger partial charge in [-0.1, -0.05) is 6.92 Å². The molecule has 92 valence electrons. The predicted octanol–water partition coefficient (Wildman–Crippen LogP) is 1.85. The molecule has 0 aromatic rings. The Kier molecular flexibility index (Phi) is 6.29. The van der Waals surface area contributed by atoms with Gasteiger partial charge in [0.2, 0.25) is 0 Å². The first-order valence-corrected chi connectivity index (χ1v) is 6.14. The predicted molar refractivity (Wildman–Crippen MR) is 64.6 cm³/mol. The van der Waals surface area contributed by atoms with Crippen molar-refractivity contribution >= 4 is 0 Å². The Hall–Kier alpha value is -0.720. The molecule has 3 heteroatoms. The molecule has 1 N–H and O–H groups in total. The maximum atomic E-state index is 8.38. The van der Waals surface area contributed by atoms with Crippen molar-refractivity contribution in [1.82, 2.24) is 4.90 Å². The Morgan fingerprint density at radius 1 is 1.38 bits per heavy atom. The van der Waals surface area contributed by atoms with Crippen LogP contribution in [0.25, 0.3) is 0 Å². The second-order valence-electron chi connectivity index (χ2n) is 4.80. The van der Waals surface area contributed by atoms with Crippen LogP contribution < -0.4 is 0 Å². The summed E-state index contributed by atoms with van der Waals surface area (Å²) in [5.41, 5.74) is 0. The van der Waals surface area contributed by atoms with Gasteiger partial charge in [-0.15, -0.1) is 0 Å². The lowest BCUT2D eigenvalue weighted by molar-refractivity contribution is 0.0530. The topological polar surface area (TPSA) is 32.7 Å². The highest BCUT2D eigenvalue weighted by atomic mass is 16.5. The van der Waals surface area contributed by atoms with E-state index >= 15 is 0 Å². The number of hydrogen-bond donors (Lipinski definition) is 1. The van der Waals surface area contributed by atoms with Crippen LogP contribution in [0.1, 0.15) is 32.6 Å². The van der Waals surface area contributed by atoms with Gasteiger partial charge in [0, 0.05) is 0 Å². The highest BCUT2D eigenvalue weighted by Crippen LogP contribution is 2.19. The van der Waals surface area contributed by atoms with Crippen molar-refractivity contribution in [2.45, 2.75) is 38.7 Å². The lowest BCUT2D eigenvalue weighted by Gasteiger charge is -2.19. The van der Waals surface area contributed by atoms with E-state index in [4.69, 9.17) is 9.84 Å². The average molecular weight is 225 g/mol. The number of rotatable bonds is 2. The third kappa shape index (κ3) is 5.39. The minimum absolute atomic E-state index is 0.308. The van der Waals surface area contributed by atoms with E-state index < -0.39 is 0 Å². The van der Waals surface area contributed by atoms with Crippen molar-refractivity contribution in [3.8, 4) is 12.0 Å². The van der Waals surface area contributed by atoms with E-state index in [0.717, 1.165) is 19.4 Å². The van der Waals surface area contributed by atoms with E-state index in [1.165, 1.54) is 19.4 Å². The summed E-state index contributed by atoms with van der Waals surface area (Å²) < 4.78 is 5.67. The normalized spacial score (nSPS) is 28.4. The van der Waals surface area contributed by atoms with Crippen molar-refractivity contribution in [3.05, 3.63) is 0 Å². The molecule has 0 aromatic carbocycles. The molecule has 0 aromatic heterocycles. The zero-order valence-corrected chi connectivity index (χ0v) is 10.4. The zero-order valence-electron chi connectivity index (χ0n) is 10.4. The third-order valence-corrected chi connectivity index (χ3v) is 3.21. The quantitative estimate of drug-likeness (QED) is 0.728. The second-order valence-corrected chi connectivity index (χ2v) is 4.80. The maximum absolute atomic E-state index is 8.38. The second kappa shape index (κ2) is 7.54. The first kappa shape index (κ1) is 13.3. The van der Waals surface area contributed by atoms with E-state index in [9.17, 15) is 0 Å². The fourth-order valence-electron chi connectivity index (χ4n) is 2.17. The third-order valence-electron chi connectivity index (χ3n) is 3.21. The Morgan fingerprint density at radius 2 is 2.19 bits per heavy atom. The Labute approximate surface area is 98.8 Å². The van der Waals surface area contributed by atoms with E-state index in [1.807, 2.05) is 6.11 Å². The molecule has 1 rings (SSSR count). The summed E-state index contributed by atoms with van der Waals surface area (Å²) in [5, 5.41) is 8.38. The van der Waals surface area contributed by atoms with Gasteiger partial charge in [-0.3, -0.25) is 0 Å². The van der Waals surface area contributed by atoms with Crippen LogP contribution in [0.4, 0.5) is 0 Å². The van der Waals surface area contributed by atoms with Crippen LogP contribution in [-0.2, 0) is 4.74 Å². The van der Waals surface area contributed by atoms with Gasteiger partial charge in [0.25, 0.3) is 0 Å². The molecule has 0 amide bonds. The van der Waals surface area contributed by atoms with E-state index in [2.05, 4.69) is 24.8 Å². The number of hydrogen-bond acceptors (Lipinski definition) is 3. The van der Waals surface area contributed by atoms with Gasteiger partial charge in [-0.2, -0.15) is 0 Å². The number of nitrogens with zero attached hydrogens (tertiary/aromatic N) is 1. The van der Waals surface area contributed by atoms with Gasteiger partial charge in [-0.05, 0) is 57.7 Å². The molecule has 3 nitrogen and oxygen atoms in total. The molecule has 0 spiro atoms. The lowest BCUT2D eigenvalue weighted by Crippen LogP contribution is -2.21. The molecule has 1 fully saturated rings. The Balaban J connectivity index is 2.38. The SMILES string of the molecule is CC1CCN(C)CCCC(OCC#CO)C1. The largest absolute Gasteiger partial charge is 0.462 e. The van der Waals surface area contributed by atoms with Crippen LogP contribution in [0.2, 0.25) is 0 Å². The van der Waals surface area contributed by atoms with Crippen LogP contribution in [0.15, 0.2) is 0 Å². The van der Waals surface area contributed by atoms with Crippen LogP contribution in [0.5, 0.6) is 0 Å². The molecule has 1 heterocycles. The minimum atomic E-state index is 0.308. The molecular formula is C13H23NO2. The van der Waals surface area contributed by atoms with Crippen molar-refractivity contribution in [3.63, 3.8) is 0 Å². The smallest absolute Gasteiger partial charge is 0.111 e. The standard InChI is InChI=1S/C13H23NO2/c1-12-6-8-14(2)7-3-5-13(11-12)16-10-4-9-15/h12-13,15H,3,5-8,10-11H2,1-2H3. The zero-order chi connectivity index (χ0) is 11.8. The fourth-order valence-corrected chi connectivity index (χ4v) is 2.17. The summed E-state index contributed by atoms with van der Waals surface area (Å²) in [7, 11) is 2.19. The maximum Gasteiger partial charge on any atom is 0.111 e. The van der Waals surface area contributed by atoms with E-state index in [-0.39, 0.29) is 0 Å². The van der Waals surface area contributed by atoms with Crippen LogP contribution >= 0.6 is 0 Å². The van der Waals surface area contributed by atoms with Gasteiger partial charge in [0.15, 0.2) is 0 Å². The Bertz CT molecular complexity index is 244. The average Bonchev–Trinajstić information content (AvgIpc) is 2.32. The molecule has 16 heavy (non-hydrogen) atoms. The summed E-state index contributed by atoms with van der Waals surface area (Å²) in [4.78, 5) is 2.40. The molecule has 0 radical (unpaired) electrons. The highest BCUT2D eigenvalue weighted by molar-refractivity contribution is 4.89. The Morgan fingerprint density at radius 3 is 2.94 bits per heavy atom. The first-order chi connectivity index (χ1) is 7.72. The van der Waals surface area contributed by atoms with Crippen LogP contribution in [0, 0.1) is 17.9 Å². The van der Waals surface area contributed by atoms with Gasteiger partial charge in [0.1, 0.15) is 12.7 Å². The number of aliphatic hydroxyl groups is 1. The lowest BCUT2D eigenvalue weighted by atomic mass is 9.98. The van der Waals surface area contributed by atoms with Gasteiger partial charge < -0.3 is 14.7 Å². The summed E-state index contributed by atoms with van der Waals surface area (Å²) in [6, 6.07) is 0. The molecule has 1 aliphatic rings. The van der Waals surface area contributed by atoms with Gasteiger partial charge in [-0.25, -0.2) is 0 Å². The van der Waals surface area contributed by atoms with Gasteiger partial charge in [0.05, 0.1) is 6.10 Å². The molecule has 1 saturated heterocycles. The molecule has 2 unspecified atom stereocenters. The summed E-state index contributed by atoms with van der Waals surface area (Å²) in [6.45, 7) is 4.97. The monoisotopic (exact) mass is 225 g/mol. The van der Waals surface area contributed by atoms with E-state index in [0.29, 0.717) is 18.6 Å². The van der Waals surface area contributed by atoms with Gasteiger partial charge >= 0.3 is 0 Å². The van der Waals surface area contributed by atoms with Crippen LogP contribution in [0.3, 0.4) is 0 Å². The summed E-state index contributed by atoms with van der Waals surface area (Å²) in [6.07, 6.45) is 6.82. The summed E-state index contributed by atoms with van der Waals surface area (Å²) >= 11 is 0. The molecule has 1 aliphatic heterocycles. The number of aliphatic hydroxyl groups excluding tert-OH is 1. The van der Waals surface area contributed by atoms with Crippen molar-refractivity contribution in [2.75, 3.05) is 26.7 Å². The van der Waals surface area contributed by atoms with Crippen molar-refractivity contribution in [2.24, 2.45) is 5.92 Å². The van der Waals surface area contributed by atoms with Crippen molar-refractivity contribution < 1.29 is 9.84 Å². The minimum Gasteiger partial charge on any atom is -0.462 e. The summed E-state index contributed by atoms with van der Waals surface area (Å²) in [5.74, 6) is 3.25. The first-order valence-electron chi connectivity index (χ1n) is 6.14. The molecular weight excluding hydrogens is 202 g/mol. The highest BCUT2D eigenvalue weighted by Gasteiger charge is 2.16. The van der Waals surface area contributed by atoms with Crippen LogP contribution in [-0.4, -0.2) is 42.9 Å². The molecule has 0 aliphatic carbocycles. The molecule has 0 bridgehead atoms. The van der Waals surface area contributed by atoms with Crippen molar-refractivity contribution in [1.29, 1.82) is 0 Å². The fraction of sp³-hybridized carbons (Fsp3) is 0.846. The van der Waals surface area contributed by atoms with E-state index in [1.54, 1.807) is 0 Å². The molecule has 0 saturated carbocycles. The molecule has 2 atom stereocenters.